The molecule has 0 bridgehead atoms. The lowest BCUT2D eigenvalue weighted by molar-refractivity contribution is -0.121. The SMILES string of the molecule is CCOC(=O)c1ccc(NCCC(=O)NCc2ccc3c(c2)OCO3)cc1. The number of ether oxygens (including phenoxy) is 3. The van der Waals surface area contributed by atoms with Crippen LogP contribution in [0.15, 0.2) is 42.5 Å². The number of hydrogen-bond acceptors (Lipinski definition) is 6. The van der Waals surface area contributed by atoms with Crippen LogP contribution < -0.4 is 20.1 Å². The van der Waals surface area contributed by atoms with Crippen molar-refractivity contribution in [1.82, 2.24) is 5.32 Å². The molecule has 0 aliphatic carbocycles. The second kappa shape index (κ2) is 8.93. The Bertz CT molecular complexity index is 805. The number of carbonyl (C=O) groups is 2. The van der Waals surface area contributed by atoms with Crippen LogP contribution in [0.2, 0.25) is 0 Å². The van der Waals surface area contributed by atoms with Crippen LogP contribution >= 0.6 is 0 Å². The second-order valence-electron chi connectivity index (χ2n) is 5.94. The summed E-state index contributed by atoms with van der Waals surface area (Å²) in [6, 6.07) is 12.6. The van der Waals surface area contributed by atoms with Crippen molar-refractivity contribution in [2.75, 3.05) is 25.3 Å². The van der Waals surface area contributed by atoms with Gasteiger partial charge in [-0.05, 0) is 48.9 Å². The number of amides is 1. The molecule has 1 aliphatic heterocycles. The molecule has 3 rings (SSSR count). The molecule has 0 saturated carbocycles. The number of anilines is 1. The minimum atomic E-state index is -0.341. The molecular weight excluding hydrogens is 348 g/mol. The van der Waals surface area contributed by atoms with E-state index in [4.69, 9.17) is 14.2 Å². The largest absolute Gasteiger partial charge is 0.462 e. The zero-order valence-electron chi connectivity index (χ0n) is 15.1. The van der Waals surface area contributed by atoms with Crippen LogP contribution in [-0.2, 0) is 16.1 Å². The summed E-state index contributed by atoms with van der Waals surface area (Å²) in [4.78, 5) is 23.6. The van der Waals surface area contributed by atoms with Gasteiger partial charge in [-0.2, -0.15) is 0 Å². The lowest BCUT2D eigenvalue weighted by atomic mass is 10.2. The minimum Gasteiger partial charge on any atom is -0.462 e. The molecule has 0 radical (unpaired) electrons. The van der Waals surface area contributed by atoms with Gasteiger partial charge >= 0.3 is 5.97 Å². The van der Waals surface area contributed by atoms with Gasteiger partial charge in [-0.25, -0.2) is 4.79 Å². The van der Waals surface area contributed by atoms with Crippen molar-refractivity contribution in [2.45, 2.75) is 19.9 Å². The van der Waals surface area contributed by atoms with E-state index in [-0.39, 0.29) is 18.7 Å². The van der Waals surface area contributed by atoms with E-state index in [0.29, 0.717) is 37.4 Å². The molecule has 142 valence electrons. The number of fused-ring (bicyclic) bond motifs is 1. The Balaban J connectivity index is 1.38. The summed E-state index contributed by atoms with van der Waals surface area (Å²) in [5.74, 6) is 1.04. The summed E-state index contributed by atoms with van der Waals surface area (Å²) < 4.78 is 15.5. The quantitative estimate of drug-likeness (QED) is 0.695. The van der Waals surface area contributed by atoms with Gasteiger partial charge in [0.05, 0.1) is 12.2 Å². The molecule has 1 amide bonds. The van der Waals surface area contributed by atoms with Crippen LogP contribution in [0.5, 0.6) is 11.5 Å². The Labute approximate surface area is 157 Å². The highest BCUT2D eigenvalue weighted by Gasteiger charge is 2.13. The summed E-state index contributed by atoms with van der Waals surface area (Å²) in [7, 11) is 0. The van der Waals surface area contributed by atoms with Gasteiger partial charge in [0.2, 0.25) is 12.7 Å². The molecule has 27 heavy (non-hydrogen) atoms. The van der Waals surface area contributed by atoms with Gasteiger partial charge in [-0.15, -0.1) is 0 Å². The summed E-state index contributed by atoms with van der Waals surface area (Å²) in [5, 5.41) is 6.03. The molecule has 1 heterocycles. The van der Waals surface area contributed by atoms with E-state index in [1.54, 1.807) is 31.2 Å². The maximum absolute atomic E-state index is 12.0. The number of nitrogens with one attached hydrogen (secondary N) is 2. The van der Waals surface area contributed by atoms with Crippen molar-refractivity contribution in [3.8, 4) is 11.5 Å². The molecule has 0 saturated heterocycles. The fourth-order valence-electron chi connectivity index (χ4n) is 2.60. The molecule has 0 atom stereocenters. The maximum Gasteiger partial charge on any atom is 0.338 e. The zero-order chi connectivity index (χ0) is 19.1. The summed E-state index contributed by atoms with van der Waals surface area (Å²) in [6.07, 6.45) is 0.337. The number of benzene rings is 2. The topological polar surface area (TPSA) is 85.9 Å². The molecule has 0 aromatic heterocycles. The van der Waals surface area contributed by atoms with E-state index in [0.717, 1.165) is 17.0 Å². The molecule has 7 heteroatoms. The number of carbonyl (C=O) groups excluding carboxylic acids is 2. The third-order valence-electron chi connectivity index (χ3n) is 4.00. The Kier molecular flexibility index (Phi) is 6.14. The van der Waals surface area contributed by atoms with Crippen molar-refractivity contribution in [2.24, 2.45) is 0 Å². The van der Waals surface area contributed by atoms with Crippen LogP contribution in [0.25, 0.3) is 0 Å². The van der Waals surface area contributed by atoms with Crippen LogP contribution in [-0.4, -0.2) is 31.8 Å². The molecular formula is C20H22N2O5. The van der Waals surface area contributed by atoms with Gasteiger partial charge in [-0.3, -0.25) is 4.79 Å². The highest BCUT2D eigenvalue weighted by Crippen LogP contribution is 2.32. The highest BCUT2D eigenvalue weighted by atomic mass is 16.7. The third kappa shape index (κ3) is 5.13. The minimum absolute atomic E-state index is 0.0525. The third-order valence-corrected chi connectivity index (χ3v) is 4.00. The van der Waals surface area contributed by atoms with E-state index in [1.165, 1.54) is 0 Å². The number of esters is 1. The van der Waals surface area contributed by atoms with E-state index >= 15 is 0 Å². The summed E-state index contributed by atoms with van der Waals surface area (Å²) >= 11 is 0. The Morgan fingerprint density at radius 3 is 2.63 bits per heavy atom. The smallest absolute Gasteiger partial charge is 0.338 e. The van der Waals surface area contributed by atoms with Crippen LogP contribution in [0.4, 0.5) is 5.69 Å². The predicted molar refractivity (Wildman–Crippen MR) is 99.9 cm³/mol. The molecule has 2 aromatic rings. The number of hydrogen-bond donors (Lipinski definition) is 2. The summed E-state index contributed by atoms with van der Waals surface area (Å²) in [5.41, 5.74) is 2.30. The normalized spacial score (nSPS) is 11.7. The van der Waals surface area contributed by atoms with Crippen molar-refractivity contribution in [3.05, 3.63) is 53.6 Å². The standard InChI is InChI=1S/C20H22N2O5/c1-2-25-20(24)15-4-6-16(7-5-15)21-10-9-19(23)22-12-14-3-8-17-18(11-14)27-13-26-17/h3-8,11,21H,2,9-10,12-13H2,1H3,(H,22,23). The van der Waals surface area contributed by atoms with E-state index in [9.17, 15) is 9.59 Å². The molecule has 2 N–H and O–H groups in total. The van der Waals surface area contributed by atoms with E-state index < -0.39 is 0 Å². The van der Waals surface area contributed by atoms with Gasteiger partial charge in [0.1, 0.15) is 0 Å². The first kappa shape index (κ1) is 18.6. The highest BCUT2D eigenvalue weighted by molar-refractivity contribution is 5.89. The Morgan fingerprint density at radius 1 is 1.07 bits per heavy atom. The fourth-order valence-corrected chi connectivity index (χ4v) is 2.60. The van der Waals surface area contributed by atoms with Gasteiger partial charge in [0, 0.05) is 25.2 Å². The maximum atomic E-state index is 12.0. The monoisotopic (exact) mass is 370 g/mol. The van der Waals surface area contributed by atoms with Crippen molar-refractivity contribution >= 4 is 17.6 Å². The molecule has 7 nitrogen and oxygen atoms in total. The van der Waals surface area contributed by atoms with Crippen LogP contribution in [0.3, 0.4) is 0 Å². The van der Waals surface area contributed by atoms with Gasteiger partial charge in [0.25, 0.3) is 0 Å². The van der Waals surface area contributed by atoms with Gasteiger partial charge < -0.3 is 24.8 Å². The fraction of sp³-hybridized carbons (Fsp3) is 0.300. The van der Waals surface area contributed by atoms with Gasteiger partial charge in [0.15, 0.2) is 11.5 Å². The summed E-state index contributed by atoms with van der Waals surface area (Å²) in [6.45, 7) is 3.28. The molecule has 0 unspecified atom stereocenters. The van der Waals surface area contributed by atoms with E-state index in [1.807, 2.05) is 18.2 Å². The van der Waals surface area contributed by atoms with Crippen LogP contribution in [0, 0.1) is 0 Å². The first-order chi connectivity index (χ1) is 13.2. The average Bonchev–Trinajstić information content (AvgIpc) is 3.15. The average molecular weight is 370 g/mol. The zero-order valence-corrected chi connectivity index (χ0v) is 15.1. The molecule has 0 spiro atoms. The number of rotatable bonds is 8. The molecule has 1 aliphatic rings. The van der Waals surface area contributed by atoms with Crippen molar-refractivity contribution in [3.63, 3.8) is 0 Å². The molecule has 2 aromatic carbocycles. The lowest BCUT2D eigenvalue weighted by Crippen LogP contribution is -2.24. The first-order valence-electron chi connectivity index (χ1n) is 8.82. The van der Waals surface area contributed by atoms with Crippen molar-refractivity contribution < 1.29 is 23.8 Å². The van der Waals surface area contributed by atoms with E-state index in [2.05, 4.69) is 10.6 Å². The van der Waals surface area contributed by atoms with Crippen molar-refractivity contribution in [1.29, 1.82) is 0 Å². The Morgan fingerprint density at radius 2 is 1.85 bits per heavy atom. The molecule has 0 fully saturated rings. The second-order valence-corrected chi connectivity index (χ2v) is 5.94. The first-order valence-corrected chi connectivity index (χ1v) is 8.82. The lowest BCUT2D eigenvalue weighted by Gasteiger charge is -2.09. The van der Waals surface area contributed by atoms with Crippen LogP contribution in [0.1, 0.15) is 29.3 Å². The Hall–Kier alpha value is -3.22. The van der Waals surface area contributed by atoms with Gasteiger partial charge in [-0.1, -0.05) is 6.07 Å². The predicted octanol–water partition coefficient (Wildman–Crippen LogP) is 2.71.